The maximum Gasteiger partial charge on any atom is 0.251 e. The van der Waals surface area contributed by atoms with E-state index in [-0.39, 0.29) is 25.9 Å². The third-order valence-electron chi connectivity index (χ3n) is 8.02. The Labute approximate surface area is 226 Å². The van der Waals surface area contributed by atoms with Gasteiger partial charge in [-0.2, -0.15) is 0 Å². The van der Waals surface area contributed by atoms with E-state index in [0.717, 1.165) is 43.6 Å². The second-order valence-electron chi connectivity index (χ2n) is 11.2. The Balaban J connectivity index is 1.31. The lowest BCUT2D eigenvalue weighted by Crippen LogP contribution is -2.40. The van der Waals surface area contributed by atoms with Crippen LogP contribution in [-0.4, -0.2) is 71.7 Å². The monoisotopic (exact) mass is 558 g/mol. The zero-order valence-electron chi connectivity index (χ0n) is 22.1. The molecule has 6 rings (SSSR count). The molecule has 13 heteroatoms. The molecule has 0 atom stereocenters. The van der Waals surface area contributed by atoms with Crippen molar-refractivity contribution in [1.29, 1.82) is 0 Å². The molecule has 0 unspecified atom stereocenters. The number of halogens is 2. The van der Waals surface area contributed by atoms with E-state index in [9.17, 15) is 17.2 Å². The molecule has 1 spiro atoms. The van der Waals surface area contributed by atoms with E-state index in [4.69, 9.17) is 0 Å². The number of anilines is 3. The number of aryl methyl sites for hydroxylation is 1. The van der Waals surface area contributed by atoms with Crippen molar-refractivity contribution >= 4 is 27.3 Å². The second-order valence-corrected chi connectivity index (χ2v) is 12.9. The minimum absolute atomic E-state index is 0.191. The Hall–Kier alpha value is -3.35. The second kappa shape index (κ2) is 9.39. The van der Waals surface area contributed by atoms with Gasteiger partial charge in [-0.1, -0.05) is 5.21 Å². The van der Waals surface area contributed by atoms with Crippen LogP contribution in [0.2, 0.25) is 0 Å². The van der Waals surface area contributed by atoms with Crippen LogP contribution in [0.1, 0.15) is 44.2 Å². The van der Waals surface area contributed by atoms with Crippen molar-refractivity contribution in [2.45, 2.75) is 51.4 Å². The highest BCUT2D eigenvalue weighted by molar-refractivity contribution is 7.92. The molecule has 0 radical (unpaired) electrons. The standard InChI is InChI=1S/C26H32F2N8O2S/c1-18-15-20(30-24(29-18)35-13-9-26(27,28)10-14-35)21-17-36(33-31-21)22-4-3-19(32-39(2,37)38)16-23(22)34-11-7-25(5-6-25)8-12-34/h3-4,15-17,32H,5-14H2,1-2H3. The molecule has 10 nitrogen and oxygen atoms in total. The van der Waals surface area contributed by atoms with Crippen LogP contribution in [0.3, 0.4) is 0 Å². The van der Waals surface area contributed by atoms with E-state index in [0.29, 0.717) is 34.1 Å². The summed E-state index contributed by atoms with van der Waals surface area (Å²) in [5, 5.41) is 8.75. The fourth-order valence-electron chi connectivity index (χ4n) is 5.51. The molecule has 4 heterocycles. The van der Waals surface area contributed by atoms with Crippen molar-refractivity contribution in [1.82, 2.24) is 25.0 Å². The first-order valence-electron chi connectivity index (χ1n) is 13.3. The number of piperidine rings is 2. The molecule has 0 bridgehead atoms. The topological polar surface area (TPSA) is 109 Å². The van der Waals surface area contributed by atoms with E-state index < -0.39 is 15.9 Å². The highest BCUT2D eigenvalue weighted by Crippen LogP contribution is 2.54. The van der Waals surface area contributed by atoms with Gasteiger partial charge in [-0.15, -0.1) is 5.10 Å². The van der Waals surface area contributed by atoms with Gasteiger partial charge in [0.05, 0.1) is 35.2 Å². The molecular weight excluding hydrogens is 526 g/mol. The summed E-state index contributed by atoms with van der Waals surface area (Å²) in [6.45, 7) is 4.00. The Morgan fingerprint density at radius 2 is 1.56 bits per heavy atom. The minimum atomic E-state index is -3.43. The van der Waals surface area contributed by atoms with E-state index in [1.54, 1.807) is 27.9 Å². The van der Waals surface area contributed by atoms with Gasteiger partial charge in [0, 0.05) is 44.7 Å². The van der Waals surface area contributed by atoms with Crippen LogP contribution in [0, 0.1) is 12.3 Å². The van der Waals surface area contributed by atoms with Crippen LogP contribution in [0.15, 0.2) is 30.5 Å². The predicted molar refractivity (Wildman–Crippen MR) is 145 cm³/mol. The molecule has 0 amide bonds. The molecule has 2 aliphatic heterocycles. The smallest absolute Gasteiger partial charge is 0.251 e. The molecule has 1 N–H and O–H groups in total. The minimum Gasteiger partial charge on any atom is -0.370 e. The summed E-state index contributed by atoms with van der Waals surface area (Å²) in [6.07, 6.45) is 7.28. The van der Waals surface area contributed by atoms with Crippen LogP contribution in [-0.2, 0) is 10.0 Å². The molecule has 2 saturated heterocycles. The lowest BCUT2D eigenvalue weighted by Gasteiger charge is -2.35. The van der Waals surface area contributed by atoms with Crippen molar-refractivity contribution < 1.29 is 17.2 Å². The SMILES string of the molecule is Cc1cc(-c2cn(-c3ccc(NS(C)(=O)=O)cc3N3CCC4(CC3)CC4)nn2)nc(N2CCC(F)(F)CC2)n1. The summed E-state index contributed by atoms with van der Waals surface area (Å²) < 4.78 is 55.4. The van der Waals surface area contributed by atoms with Crippen molar-refractivity contribution in [3.63, 3.8) is 0 Å². The van der Waals surface area contributed by atoms with Crippen molar-refractivity contribution in [2.24, 2.45) is 5.41 Å². The molecular formula is C26H32F2N8O2S. The number of nitrogens with one attached hydrogen (secondary N) is 1. The van der Waals surface area contributed by atoms with Gasteiger partial charge in [-0.25, -0.2) is 31.8 Å². The third kappa shape index (κ3) is 5.68. The molecule has 1 aromatic carbocycles. The van der Waals surface area contributed by atoms with Crippen molar-refractivity contribution in [3.8, 4) is 17.1 Å². The number of hydrogen-bond acceptors (Lipinski definition) is 8. The molecule has 1 saturated carbocycles. The number of alkyl halides is 2. The average molecular weight is 559 g/mol. The summed E-state index contributed by atoms with van der Waals surface area (Å²) in [4.78, 5) is 13.2. The van der Waals surface area contributed by atoms with Crippen LogP contribution >= 0.6 is 0 Å². The summed E-state index contributed by atoms with van der Waals surface area (Å²) in [5.74, 6) is -2.24. The van der Waals surface area contributed by atoms with Crippen LogP contribution in [0.5, 0.6) is 0 Å². The summed E-state index contributed by atoms with van der Waals surface area (Å²) in [6, 6.07) is 7.21. The highest BCUT2D eigenvalue weighted by atomic mass is 32.2. The Kier molecular flexibility index (Phi) is 6.23. The molecule has 3 aliphatic rings. The normalized spacial score (nSPS) is 20.3. The van der Waals surface area contributed by atoms with Gasteiger partial charge in [-0.3, -0.25) is 4.72 Å². The molecule has 2 aromatic heterocycles. The quantitative estimate of drug-likeness (QED) is 0.483. The summed E-state index contributed by atoms with van der Waals surface area (Å²) in [5.41, 5.74) is 4.45. The molecule has 3 aromatic rings. The van der Waals surface area contributed by atoms with Gasteiger partial charge in [0.2, 0.25) is 16.0 Å². The van der Waals surface area contributed by atoms with Gasteiger partial charge in [0.15, 0.2) is 0 Å². The molecule has 39 heavy (non-hydrogen) atoms. The first kappa shape index (κ1) is 25.9. The van der Waals surface area contributed by atoms with Crippen LogP contribution in [0.4, 0.5) is 26.1 Å². The average Bonchev–Trinajstić information content (AvgIpc) is 3.43. The Morgan fingerprint density at radius 3 is 2.23 bits per heavy atom. The fourth-order valence-corrected chi connectivity index (χ4v) is 6.06. The van der Waals surface area contributed by atoms with E-state index in [1.165, 1.54) is 12.8 Å². The zero-order chi connectivity index (χ0) is 27.4. The number of benzene rings is 1. The predicted octanol–water partition coefficient (Wildman–Crippen LogP) is 4.02. The maximum atomic E-state index is 13.7. The lowest BCUT2D eigenvalue weighted by atomic mass is 9.93. The number of nitrogens with zero attached hydrogens (tertiary/aromatic N) is 7. The Bertz CT molecular complexity index is 1490. The van der Waals surface area contributed by atoms with E-state index >= 15 is 0 Å². The highest BCUT2D eigenvalue weighted by Gasteiger charge is 2.44. The summed E-state index contributed by atoms with van der Waals surface area (Å²) in [7, 11) is -3.43. The van der Waals surface area contributed by atoms with Gasteiger partial charge >= 0.3 is 0 Å². The Morgan fingerprint density at radius 1 is 0.872 bits per heavy atom. The largest absolute Gasteiger partial charge is 0.370 e. The van der Waals surface area contributed by atoms with E-state index in [1.807, 2.05) is 19.1 Å². The zero-order valence-corrected chi connectivity index (χ0v) is 22.9. The van der Waals surface area contributed by atoms with Gasteiger partial charge in [-0.05, 0) is 62.3 Å². The first-order chi connectivity index (χ1) is 18.5. The van der Waals surface area contributed by atoms with Gasteiger partial charge in [0.1, 0.15) is 5.69 Å². The lowest BCUT2D eigenvalue weighted by molar-refractivity contribution is -0.0222. The molecule has 3 fully saturated rings. The molecule has 1 aliphatic carbocycles. The molecule has 208 valence electrons. The van der Waals surface area contributed by atoms with Gasteiger partial charge < -0.3 is 9.80 Å². The maximum absolute atomic E-state index is 13.7. The van der Waals surface area contributed by atoms with Crippen molar-refractivity contribution in [2.75, 3.05) is 47.0 Å². The van der Waals surface area contributed by atoms with Gasteiger partial charge in [0.25, 0.3) is 5.92 Å². The number of rotatable bonds is 6. The number of hydrogen-bond donors (Lipinski definition) is 1. The van der Waals surface area contributed by atoms with Crippen molar-refractivity contribution in [3.05, 3.63) is 36.2 Å². The first-order valence-corrected chi connectivity index (χ1v) is 15.2. The summed E-state index contributed by atoms with van der Waals surface area (Å²) >= 11 is 0. The number of aromatic nitrogens is 5. The van der Waals surface area contributed by atoms with Crippen LogP contribution in [0.25, 0.3) is 17.1 Å². The number of sulfonamides is 1. The fraction of sp³-hybridized carbons (Fsp3) is 0.538. The third-order valence-corrected chi connectivity index (χ3v) is 8.63. The van der Waals surface area contributed by atoms with Crippen LogP contribution < -0.4 is 14.5 Å². The van der Waals surface area contributed by atoms with E-state index in [2.05, 4.69) is 29.9 Å².